The molecule has 0 spiro atoms. The number of hydrogen-bond donors (Lipinski definition) is 0. The van der Waals surface area contributed by atoms with Crippen LogP contribution in [0.5, 0.6) is 5.75 Å². The smallest absolute Gasteiger partial charge is 0.410 e. The Hall–Kier alpha value is -1.43. The molecule has 1 aliphatic heterocycles. The number of methoxy groups -OCH3 is 1. The second kappa shape index (κ2) is 6.77. The van der Waals surface area contributed by atoms with E-state index in [2.05, 4.69) is 15.9 Å². The number of carbonyl (C=O) groups is 1. The van der Waals surface area contributed by atoms with Crippen LogP contribution < -0.4 is 9.64 Å². The Labute approximate surface area is 155 Å². The lowest BCUT2D eigenvalue weighted by atomic mass is 10.2. The van der Waals surface area contributed by atoms with Gasteiger partial charge in [-0.1, -0.05) is 15.9 Å². The summed E-state index contributed by atoms with van der Waals surface area (Å²) in [5.41, 5.74) is -1.64. The van der Waals surface area contributed by atoms with Gasteiger partial charge in [0.15, 0.2) is 0 Å². The van der Waals surface area contributed by atoms with E-state index < -0.39 is 50.4 Å². The number of amides is 1. The fourth-order valence-corrected chi connectivity index (χ4v) is 1.98. The van der Waals surface area contributed by atoms with Crippen LogP contribution in [0.2, 0.25) is 0 Å². The quantitative estimate of drug-likeness (QED) is 0.785. The van der Waals surface area contributed by atoms with Crippen LogP contribution in [0.25, 0.3) is 0 Å². The first-order chi connectivity index (χ1) is 14.4. The molecule has 1 heterocycles. The highest BCUT2D eigenvalue weighted by Crippen LogP contribution is 2.28. The number of carbonyl (C=O) groups excluding carboxylic acids is 1. The van der Waals surface area contributed by atoms with Crippen molar-refractivity contribution in [1.29, 1.82) is 0 Å². The van der Waals surface area contributed by atoms with Crippen molar-refractivity contribution >= 4 is 27.7 Å². The standard InChI is InChI=1S/C16H23BrN2O3/c1-16(2,3)22-15(20)19-7-5-18(6-8-19)13-9-12(17)10-14(11-13)21-4/h9-11H,5-8H2,1-4H3/i4D3,5D2,6D2,7D2,8D2. The van der Waals surface area contributed by atoms with E-state index in [-0.39, 0.29) is 20.0 Å². The first kappa shape index (κ1) is 7.43. The third-order valence-electron chi connectivity index (χ3n) is 2.36. The zero-order valence-electron chi connectivity index (χ0n) is 23.2. The zero-order valence-corrected chi connectivity index (χ0v) is 13.8. The van der Waals surface area contributed by atoms with Crippen LogP contribution in [0.4, 0.5) is 10.5 Å². The summed E-state index contributed by atoms with van der Waals surface area (Å²) in [4.78, 5) is 12.7. The first-order valence-corrected chi connectivity index (χ1v) is 7.08. The average Bonchev–Trinajstić information content (AvgIpc) is 2.48. The van der Waals surface area contributed by atoms with Gasteiger partial charge in [-0.25, -0.2) is 4.79 Å². The number of nitrogens with zero attached hydrogens (tertiary/aromatic N) is 2. The van der Waals surface area contributed by atoms with Gasteiger partial charge in [0, 0.05) is 42.2 Å². The Morgan fingerprint density at radius 3 is 2.55 bits per heavy atom. The molecule has 0 aromatic heterocycles. The van der Waals surface area contributed by atoms with E-state index in [9.17, 15) is 4.79 Å². The van der Waals surface area contributed by atoms with Gasteiger partial charge in [-0.3, -0.25) is 0 Å². The van der Waals surface area contributed by atoms with Crippen LogP contribution in [-0.4, -0.2) is 49.6 Å². The lowest BCUT2D eigenvalue weighted by Crippen LogP contribution is -2.50. The third-order valence-corrected chi connectivity index (χ3v) is 2.81. The lowest BCUT2D eigenvalue weighted by molar-refractivity contribution is 0.0240. The topological polar surface area (TPSA) is 42.0 Å². The van der Waals surface area contributed by atoms with Gasteiger partial charge in [-0.05, 0) is 32.9 Å². The van der Waals surface area contributed by atoms with Gasteiger partial charge in [0.1, 0.15) is 11.4 Å². The summed E-state index contributed by atoms with van der Waals surface area (Å²) in [7, 11) is -2.89. The number of ether oxygens (including phenoxy) is 2. The minimum Gasteiger partial charge on any atom is -0.497 e. The summed E-state index contributed by atoms with van der Waals surface area (Å²) in [6.45, 7) is -9.32. The normalized spacial score (nSPS) is 32.8. The van der Waals surface area contributed by atoms with E-state index in [4.69, 9.17) is 24.6 Å². The van der Waals surface area contributed by atoms with Gasteiger partial charge in [0.25, 0.3) is 0 Å². The van der Waals surface area contributed by atoms with Crippen molar-refractivity contribution in [2.75, 3.05) is 37.9 Å². The first-order valence-electron chi connectivity index (χ1n) is 11.8. The molecule has 1 aromatic rings. The minimum atomic E-state index is -3.45. The van der Waals surface area contributed by atoms with Gasteiger partial charge >= 0.3 is 6.09 Å². The molecule has 1 aromatic carbocycles. The Balaban J connectivity index is 2.73. The fourth-order valence-electron chi connectivity index (χ4n) is 1.52. The zero-order chi connectivity index (χ0) is 26.0. The largest absolute Gasteiger partial charge is 0.497 e. The number of anilines is 1. The van der Waals surface area contributed by atoms with E-state index >= 15 is 0 Å². The molecule has 1 amide bonds. The molecule has 0 atom stereocenters. The summed E-state index contributed by atoms with van der Waals surface area (Å²) in [6, 6.07) is 3.28. The fraction of sp³-hybridized carbons (Fsp3) is 0.562. The maximum Gasteiger partial charge on any atom is 0.410 e. The van der Waals surface area contributed by atoms with Crippen molar-refractivity contribution in [3.05, 3.63) is 22.7 Å². The van der Waals surface area contributed by atoms with Crippen molar-refractivity contribution in [3.63, 3.8) is 0 Å². The molecule has 6 heteroatoms. The van der Waals surface area contributed by atoms with E-state index in [0.29, 0.717) is 0 Å². The molecule has 5 nitrogen and oxygen atoms in total. The molecule has 0 aliphatic carbocycles. The van der Waals surface area contributed by atoms with Crippen LogP contribution in [0.3, 0.4) is 0 Å². The van der Waals surface area contributed by atoms with E-state index in [1.165, 1.54) is 26.8 Å². The second-order valence-corrected chi connectivity index (χ2v) is 6.26. The van der Waals surface area contributed by atoms with Gasteiger partial charge < -0.3 is 19.3 Å². The Morgan fingerprint density at radius 1 is 1.27 bits per heavy atom. The van der Waals surface area contributed by atoms with Gasteiger partial charge in [-0.2, -0.15) is 0 Å². The summed E-state index contributed by atoms with van der Waals surface area (Å²) >= 11 is 3.08. The predicted molar refractivity (Wildman–Crippen MR) is 90.7 cm³/mol. The molecular weight excluding hydrogens is 348 g/mol. The molecule has 2 rings (SSSR count). The maximum atomic E-state index is 12.7. The van der Waals surface area contributed by atoms with Crippen molar-refractivity contribution in [2.45, 2.75) is 26.4 Å². The monoisotopic (exact) mass is 381 g/mol. The summed E-state index contributed by atoms with van der Waals surface area (Å²) < 4.78 is 98.7. The van der Waals surface area contributed by atoms with Gasteiger partial charge in [0.2, 0.25) is 0 Å². The van der Waals surface area contributed by atoms with Crippen LogP contribution in [0, 0.1) is 0 Å². The molecule has 22 heavy (non-hydrogen) atoms. The van der Waals surface area contributed by atoms with Gasteiger partial charge in [0.05, 0.1) is 22.1 Å². The average molecular weight is 382 g/mol. The molecule has 0 unspecified atom stereocenters. The van der Waals surface area contributed by atoms with Gasteiger partial charge in [-0.15, -0.1) is 0 Å². The second-order valence-electron chi connectivity index (χ2n) is 5.35. The third kappa shape index (κ3) is 4.53. The van der Waals surface area contributed by atoms with Crippen LogP contribution in [0.1, 0.15) is 35.8 Å². The number of benzene rings is 1. The summed E-state index contributed by atoms with van der Waals surface area (Å²) in [5, 5.41) is 0. The Bertz CT molecular complexity index is 903. The highest BCUT2D eigenvalue weighted by molar-refractivity contribution is 9.10. The number of rotatable bonds is 2. The molecule has 122 valence electrons. The van der Waals surface area contributed by atoms with E-state index in [1.54, 1.807) is 0 Å². The van der Waals surface area contributed by atoms with Crippen molar-refractivity contribution in [3.8, 4) is 5.75 Å². The molecule has 0 bridgehead atoms. The van der Waals surface area contributed by atoms with Crippen LogP contribution in [-0.2, 0) is 4.74 Å². The summed E-state index contributed by atoms with van der Waals surface area (Å²) in [5.74, 6) is -0.332. The molecular formula is C16H23BrN2O3. The van der Waals surface area contributed by atoms with E-state index in [1.807, 2.05) is 0 Å². The number of hydrogen-bond acceptors (Lipinski definition) is 4. The van der Waals surface area contributed by atoms with E-state index in [0.717, 1.165) is 12.1 Å². The number of piperazine rings is 1. The van der Waals surface area contributed by atoms with Crippen LogP contribution >= 0.6 is 15.9 Å². The minimum absolute atomic E-state index is 0.126. The van der Waals surface area contributed by atoms with Crippen LogP contribution in [0.15, 0.2) is 22.7 Å². The molecule has 0 N–H and O–H groups in total. The highest BCUT2D eigenvalue weighted by atomic mass is 79.9. The highest BCUT2D eigenvalue weighted by Gasteiger charge is 2.26. The SMILES string of the molecule is [2H]C([2H])([2H])Oc1cc(Br)cc(N2C([2H])([2H])C([2H])([2H])N(C(=O)OC(C)(C)C)C([2H])([2H])C2([2H])[2H])c1. The predicted octanol–water partition coefficient (Wildman–Crippen LogP) is 3.51. The molecule has 1 aliphatic rings. The number of halogens is 1. The van der Waals surface area contributed by atoms with Crippen molar-refractivity contribution < 1.29 is 29.3 Å². The molecule has 0 radical (unpaired) electrons. The maximum absolute atomic E-state index is 12.7. The van der Waals surface area contributed by atoms with Crippen molar-refractivity contribution in [2.24, 2.45) is 0 Å². The summed E-state index contributed by atoms with van der Waals surface area (Å²) in [6.07, 6.45) is -1.59. The molecule has 1 fully saturated rings. The molecule has 0 saturated carbocycles. The van der Waals surface area contributed by atoms with Crippen molar-refractivity contribution in [1.82, 2.24) is 4.90 Å². The molecule has 1 saturated heterocycles. The lowest BCUT2D eigenvalue weighted by Gasteiger charge is -2.36. The Kier molecular flexibility index (Phi) is 2.29. The Morgan fingerprint density at radius 2 is 1.95 bits per heavy atom.